The lowest BCUT2D eigenvalue weighted by molar-refractivity contribution is 0.261. The van der Waals surface area contributed by atoms with Gasteiger partial charge in [0.05, 0.1) is 12.0 Å². The highest BCUT2D eigenvalue weighted by Crippen LogP contribution is 2.09. The summed E-state index contributed by atoms with van der Waals surface area (Å²) in [5, 5.41) is 3.38. The first kappa shape index (κ1) is 15.2. The second-order valence-corrected chi connectivity index (χ2v) is 4.82. The first-order valence-electron chi connectivity index (χ1n) is 7.16. The van der Waals surface area contributed by atoms with E-state index in [1.54, 1.807) is 0 Å². The van der Waals surface area contributed by atoms with Crippen molar-refractivity contribution < 1.29 is 0 Å². The van der Waals surface area contributed by atoms with E-state index in [-0.39, 0.29) is 0 Å². The summed E-state index contributed by atoms with van der Waals surface area (Å²) in [6.07, 6.45) is 5.28. The smallest absolute Gasteiger partial charge is 0.0952 e. The van der Waals surface area contributed by atoms with E-state index >= 15 is 0 Å². The highest BCUT2D eigenvalue weighted by atomic mass is 15.2. The van der Waals surface area contributed by atoms with Gasteiger partial charge in [0, 0.05) is 25.3 Å². The minimum Gasteiger partial charge on any atom is -0.333 e. The Hall–Kier alpha value is -0.870. The number of hydrogen-bond acceptors (Lipinski definition) is 3. The normalized spacial score (nSPS) is 13.2. The predicted molar refractivity (Wildman–Crippen MR) is 76.7 cm³/mol. The molecule has 0 aromatic carbocycles. The molecule has 0 saturated heterocycles. The molecule has 0 fully saturated rings. The topological polar surface area (TPSA) is 33.1 Å². The van der Waals surface area contributed by atoms with Gasteiger partial charge in [0.2, 0.25) is 0 Å². The highest BCUT2D eigenvalue weighted by molar-refractivity contribution is 4.97. The van der Waals surface area contributed by atoms with Crippen LogP contribution in [0.3, 0.4) is 0 Å². The van der Waals surface area contributed by atoms with Gasteiger partial charge in [-0.25, -0.2) is 4.98 Å². The van der Waals surface area contributed by atoms with E-state index in [2.05, 4.69) is 53.7 Å². The quantitative estimate of drug-likeness (QED) is 0.685. The van der Waals surface area contributed by atoms with Crippen molar-refractivity contribution in [3.05, 3.63) is 18.2 Å². The third-order valence-electron chi connectivity index (χ3n) is 3.31. The molecule has 0 saturated carbocycles. The fraction of sp³-hybridized carbons (Fsp3) is 0.786. The summed E-state index contributed by atoms with van der Waals surface area (Å²) in [5.41, 5.74) is 1.13. The van der Waals surface area contributed by atoms with Gasteiger partial charge in [-0.1, -0.05) is 20.8 Å². The van der Waals surface area contributed by atoms with E-state index in [9.17, 15) is 0 Å². The van der Waals surface area contributed by atoms with Crippen LogP contribution in [0, 0.1) is 0 Å². The SMILES string of the molecule is CCCNCc1cn(C(C)CN(CC)CC)cn1. The third-order valence-corrected chi connectivity index (χ3v) is 3.31. The second-order valence-electron chi connectivity index (χ2n) is 4.82. The Labute approximate surface area is 111 Å². The average molecular weight is 252 g/mol. The van der Waals surface area contributed by atoms with Crippen molar-refractivity contribution in [3.63, 3.8) is 0 Å². The monoisotopic (exact) mass is 252 g/mol. The molecule has 4 heteroatoms. The summed E-state index contributed by atoms with van der Waals surface area (Å²) in [6, 6.07) is 0.484. The lowest BCUT2D eigenvalue weighted by Crippen LogP contribution is -2.29. The van der Waals surface area contributed by atoms with Gasteiger partial charge in [0.1, 0.15) is 0 Å². The third kappa shape index (κ3) is 4.78. The Morgan fingerprint density at radius 1 is 1.33 bits per heavy atom. The summed E-state index contributed by atoms with van der Waals surface area (Å²) in [6.45, 7) is 14.1. The molecule has 0 spiro atoms. The highest BCUT2D eigenvalue weighted by Gasteiger charge is 2.09. The number of aromatic nitrogens is 2. The van der Waals surface area contributed by atoms with Crippen LogP contribution in [0.2, 0.25) is 0 Å². The largest absolute Gasteiger partial charge is 0.333 e. The van der Waals surface area contributed by atoms with Crippen molar-refractivity contribution in [1.29, 1.82) is 0 Å². The molecule has 0 bridgehead atoms. The number of likely N-dealkylation sites (N-methyl/N-ethyl adjacent to an activating group) is 1. The number of nitrogens with zero attached hydrogens (tertiary/aromatic N) is 3. The number of hydrogen-bond donors (Lipinski definition) is 1. The fourth-order valence-electron chi connectivity index (χ4n) is 2.05. The van der Waals surface area contributed by atoms with Crippen molar-refractivity contribution in [2.24, 2.45) is 0 Å². The van der Waals surface area contributed by atoms with Crippen LogP contribution in [-0.2, 0) is 6.54 Å². The van der Waals surface area contributed by atoms with E-state index < -0.39 is 0 Å². The molecule has 0 aliphatic heterocycles. The summed E-state index contributed by atoms with van der Waals surface area (Å²) in [4.78, 5) is 6.89. The lowest BCUT2D eigenvalue weighted by atomic mass is 10.3. The molecule has 0 radical (unpaired) electrons. The lowest BCUT2D eigenvalue weighted by Gasteiger charge is -2.23. The first-order valence-corrected chi connectivity index (χ1v) is 7.16. The molecule has 1 N–H and O–H groups in total. The molecule has 1 aromatic rings. The Kier molecular flexibility index (Phi) is 6.98. The van der Waals surface area contributed by atoms with Gasteiger partial charge < -0.3 is 14.8 Å². The molecule has 0 aliphatic rings. The number of nitrogens with one attached hydrogen (secondary N) is 1. The molecular formula is C14H28N4. The van der Waals surface area contributed by atoms with E-state index in [1.165, 1.54) is 6.42 Å². The van der Waals surface area contributed by atoms with Crippen LogP contribution in [0.4, 0.5) is 0 Å². The molecule has 0 amide bonds. The van der Waals surface area contributed by atoms with Crippen molar-refractivity contribution in [2.75, 3.05) is 26.2 Å². The maximum absolute atomic E-state index is 4.45. The summed E-state index contributed by atoms with van der Waals surface area (Å²) < 4.78 is 2.22. The molecule has 1 heterocycles. The Morgan fingerprint density at radius 2 is 2.06 bits per heavy atom. The zero-order chi connectivity index (χ0) is 13.4. The van der Waals surface area contributed by atoms with Gasteiger partial charge in [-0.05, 0) is 33.0 Å². The van der Waals surface area contributed by atoms with Crippen LogP contribution in [-0.4, -0.2) is 40.6 Å². The molecule has 1 aromatic heterocycles. The van der Waals surface area contributed by atoms with Gasteiger partial charge in [0.25, 0.3) is 0 Å². The first-order chi connectivity index (χ1) is 8.71. The molecule has 104 valence electrons. The summed E-state index contributed by atoms with van der Waals surface area (Å²) in [7, 11) is 0. The van der Waals surface area contributed by atoms with Crippen LogP contribution in [0.25, 0.3) is 0 Å². The van der Waals surface area contributed by atoms with Crippen LogP contribution in [0.1, 0.15) is 45.9 Å². The second kappa shape index (κ2) is 8.27. The maximum Gasteiger partial charge on any atom is 0.0952 e. The number of imidazole rings is 1. The minimum atomic E-state index is 0.484. The predicted octanol–water partition coefficient (Wildman–Crippen LogP) is 2.29. The Morgan fingerprint density at radius 3 is 2.67 bits per heavy atom. The molecule has 0 aliphatic carbocycles. The van der Waals surface area contributed by atoms with Gasteiger partial charge in [0.15, 0.2) is 0 Å². The molecule has 1 rings (SSSR count). The van der Waals surface area contributed by atoms with Gasteiger partial charge >= 0.3 is 0 Å². The zero-order valence-corrected chi connectivity index (χ0v) is 12.3. The number of rotatable bonds is 9. The van der Waals surface area contributed by atoms with E-state index in [0.29, 0.717) is 6.04 Å². The van der Waals surface area contributed by atoms with Crippen molar-refractivity contribution >= 4 is 0 Å². The van der Waals surface area contributed by atoms with Crippen LogP contribution in [0.15, 0.2) is 12.5 Å². The molecule has 4 nitrogen and oxygen atoms in total. The molecular weight excluding hydrogens is 224 g/mol. The standard InChI is InChI=1S/C14H28N4/c1-5-8-15-9-14-11-18(12-16-14)13(4)10-17(6-2)7-3/h11-13,15H,5-10H2,1-4H3. The van der Waals surface area contributed by atoms with E-state index in [1.807, 2.05) is 6.33 Å². The van der Waals surface area contributed by atoms with E-state index in [0.717, 1.165) is 38.4 Å². The molecule has 18 heavy (non-hydrogen) atoms. The van der Waals surface area contributed by atoms with Crippen LogP contribution >= 0.6 is 0 Å². The van der Waals surface area contributed by atoms with Crippen molar-refractivity contribution in [1.82, 2.24) is 19.8 Å². The zero-order valence-electron chi connectivity index (χ0n) is 12.3. The average Bonchev–Trinajstić information content (AvgIpc) is 2.85. The van der Waals surface area contributed by atoms with E-state index in [4.69, 9.17) is 0 Å². The van der Waals surface area contributed by atoms with Gasteiger partial charge in [-0.15, -0.1) is 0 Å². The summed E-state index contributed by atoms with van der Waals surface area (Å²) in [5.74, 6) is 0. The van der Waals surface area contributed by atoms with Gasteiger partial charge in [-0.3, -0.25) is 0 Å². The van der Waals surface area contributed by atoms with Crippen molar-refractivity contribution in [3.8, 4) is 0 Å². The Bertz CT molecular complexity index is 317. The van der Waals surface area contributed by atoms with Crippen LogP contribution in [0.5, 0.6) is 0 Å². The summed E-state index contributed by atoms with van der Waals surface area (Å²) >= 11 is 0. The van der Waals surface area contributed by atoms with Crippen LogP contribution < -0.4 is 5.32 Å². The van der Waals surface area contributed by atoms with Crippen molar-refractivity contribution in [2.45, 2.75) is 46.7 Å². The van der Waals surface area contributed by atoms with Gasteiger partial charge in [-0.2, -0.15) is 0 Å². The fourth-order valence-corrected chi connectivity index (χ4v) is 2.05. The Balaban J connectivity index is 2.45. The molecule has 1 atom stereocenters. The minimum absolute atomic E-state index is 0.484. The molecule has 1 unspecified atom stereocenters. The maximum atomic E-state index is 4.45.